The topological polar surface area (TPSA) is 52.6 Å². The van der Waals surface area contributed by atoms with E-state index < -0.39 is 11.9 Å². The fourth-order valence-corrected chi connectivity index (χ4v) is 2.68. The molecule has 0 radical (unpaired) electrons. The molecule has 5 heteroatoms. The summed E-state index contributed by atoms with van der Waals surface area (Å²) in [5.74, 6) is -1.07. The number of carbonyl (C=O) groups excluding carboxylic acids is 2. The summed E-state index contributed by atoms with van der Waals surface area (Å²) in [6.45, 7) is 2.56. The number of hydrogen-bond donors (Lipinski definition) is 0. The van der Waals surface area contributed by atoms with E-state index in [9.17, 15) is 9.59 Å². The van der Waals surface area contributed by atoms with Gasteiger partial charge in [0.2, 0.25) is 0 Å². The standard InChI is InChI=1S/C21H23ClO4/c1-2-3-4-7-13-25-20(23)18-11-5-6-12-19(18)21(24)26-15-16-9-8-10-17(22)14-16/h5-6,8-12,14H,2-4,7,13,15H2,1H3. The average molecular weight is 375 g/mol. The van der Waals surface area contributed by atoms with Gasteiger partial charge in [-0.25, -0.2) is 9.59 Å². The Kier molecular flexibility index (Phi) is 8.16. The Morgan fingerprint density at radius 3 is 2.23 bits per heavy atom. The van der Waals surface area contributed by atoms with E-state index in [0.29, 0.717) is 11.6 Å². The zero-order valence-corrected chi connectivity index (χ0v) is 15.6. The van der Waals surface area contributed by atoms with Gasteiger partial charge in [-0.15, -0.1) is 0 Å². The lowest BCUT2D eigenvalue weighted by atomic mass is 10.1. The van der Waals surface area contributed by atoms with Crippen LogP contribution in [0.15, 0.2) is 48.5 Å². The smallest absolute Gasteiger partial charge is 0.339 e. The molecule has 26 heavy (non-hydrogen) atoms. The Balaban J connectivity index is 1.96. The highest BCUT2D eigenvalue weighted by atomic mass is 35.5. The molecular weight excluding hydrogens is 352 g/mol. The second-order valence-electron chi connectivity index (χ2n) is 5.95. The number of esters is 2. The summed E-state index contributed by atoms with van der Waals surface area (Å²) in [6.07, 6.45) is 4.08. The molecule has 0 fully saturated rings. The van der Waals surface area contributed by atoms with Gasteiger partial charge in [-0.3, -0.25) is 0 Å². The highest BCUT2D eigenvalue weighted by molar-refractivity contribution is 6.30. The molecule has 0 unspecified atom stereocenters. The molecule has 0 aliphatic heterocycles. The van der Waals surface area contributed by atoms with E-state index in [0.717, 1.165) is 31.2 Å². The molecule has 4 nitrogen and oxygen atoms in total. The molecule has 0 atom stereocenters. The summed E-state index contributed by atoms with van der Waals surface area (Å²) in [4.78, 5) is 24.7. The minimum absolute atomic E-state index is 0.0831. The van der Waals surface area contributed by atoms with Crippen LogP contribution in [-0.4, -0.2) is 18.5 Å². The number of hydrogen-bond acceptors (Lipinski definition) is 4. The summed E-state index contributed by atoms with van der Waals surface area (Å²) in [6, 6.07) is 13.6. The minimum Gasteiger partial charge on any atom is -0.462 e. The van der Waals surface area contributed by atoms with Gasteiger partial charge in [-0.1, -0.05) is 62.1 Å². The van der Waals surface area contributed by atoms with Gasteiger partial charge >= 0.3 is 11.9 Å². The number of ether oxygens (including phenoxy) is 2. The first-order valence-electron chi connectivity index (χ1n) is 8.79. The first-order chi connectivity index (χ1) is 12.6. The van der Waals surface area contributed by atoms with Gasteiger partial charge in [0.15, 0.2) is 0 Å². The lowest BCUT2D eigenvalue weighted by Gasteiger charge is -2.10. The Hall–Kier alpha value is -2.33. The molecule has 0 bridgehead atoms. The molecule has 138 valence electrons. The molecular formula is C21H23ClO4. The van der Waals surface area contributed by atoms with Crippen LogP contribution >= 0.6 is 11.6 Å². The third kappa shape index (κ3) is 6.19. The molecule has 0 amide bonds. The van der Waals surface area contributed by atoms with Gasteiger partial charge < -0.3 is 9.47 Å². The number of unbranched alkanes of at least 4 members (excludes halogenated alkanes) is 3. The van der Waals surface area contributed by atoms with Gasteiger partial charge in [-0.05, 0) is 36.2 Å². The summed E-state index contributed by atoms with van der Waals surface area (Å²) in [5, 5.41) is 0.575. The van der Waals surface area contributed by atoms with Gasteiger partial charge in [0.25, 0.3) is 0 Å². The molecule has 0 aliphatic rings. The van der Waals surface area contributed by atoms with Crippen LogP contribution in [0.3, 0.4) is 0 Å². The first-order valence-corrected chi connectivity index (χ1v) is 9.17. The van der Waals surface area contributed by atoms with Crippen LogP contribution in [0.4, 0.5) is 0 Å². The molecule has 0 saturated carbocycles. The monoisotopic (exact) mass is 374 g/mol. The zero-order valence-electron chi connectivity index (χ0n) is 14.9. The molecule has 0 spiro atoms. The normalized spacial score (nSPS) is 10.4. The van der Waals surface area contributed by atoms with Gasteiger partial charge in [-0.2, -0.15) is 0 Å². The molecule has 0 saturated heterocycles. The minimum atomic E-state index is -0.566. The van der Waals surface area contributed by atoms with Crippen LogP contribution < -0.4 is 0 Å². The molecule has 2 aromatic rings. The molecule has 0 aliphatic carbocycles. The van der Waals surface area contributed by atoms with Crippen LogP contribution in [0.2, 0.25) is 5.02 Å². The highest BCUT2D eigenvalue weighted by Gasteiger charge is 2.19. The number of rotatable bonds is 9. The SMILES string of the molecule is CCCCCCOC(=O)c1ccccc1C(=O)OCc1cccc(Cl)c1. The molecule has 0 N–H and O–H groups in total. The van der Waals surface area contributed by atoms with Crippen molar-refractivity contribution in [3.63, 3.8) is 0 Å². The number of carbonyl (C=O) groups is 2. The maximum atomic E-state index is 12.4. The predicted molar refractivity (Wildman–Crippen MR) is 101 cm³/mol. The van der Waals surface area contributed by atoms with Crippen molar-refractivity contribution in [1.82, 2.24) is 0 Å². The third-order valence-corrected chi connectivity index (χ3v) is 4.09. The molecule has 0 aromatic heterocycles. The predicted octanol–water partition coefficient (Wildman–Crippen LogP) is 5.43. The largest absolute Gasteiger partial charge is 0.462 e. The molecule has 2 rings (SSSR count). The fraction of sp³-hybridized carbons (Fsp3) is 0.333. The van der Waals surface area contributed by atoms with Crippen molar-refractivity contribution >= 4 is 23.5 Å². The summed E-state index contributed by atoms with van der Waals surface area (Å²) < 4.78 is 10.6. The lowest BCUT2D eigenvalue weighted by molar-refractivity contribution is 0.0436. The maximum Gasteiger partial charge on any atom is 0.339 e. The van der Waals surface area contributed by atoms with Gasteiger partial charge in [0.1, 0.15) is 6.61 Å². The van der Waals surface area contributed by atoms with Crippen LogP contribution in [0.25, 0.3) is 0 Å². The van der Waals surface area contributed by atoms with Crippen molar-refractivity contribution in [2.75, 3.05) is 6.61 Å². The van der Waals surface area contributed by atoms with E-state index in [1.54, 1.807) is 42.5 Å². The molecule has 2 aromatic carbocycles. The van der Waals surface area contributed by atoms with E-state index in [1.807, 2.05) is 6.07 Å². The maximum absolute atomic E-state index is 12.4. The lowest BCUT2D eigenvalue weighted by Crippen LogP contribution is -2.14. The second-order valence-corrected chi connectivity index (χ2v) is 6.38. The fourth-order valence-electron chi connectivity index (χ4n) is 2.46. The van der Waals surface area contributed by atoms with E-state index in [1.165, 1.54) is 0 Å². The Bertz CT molecular complexity index is 742. The van der Waals surface area contributed by atoms with Crippen LogP contribution in [0, 0.1) is 0 Å². The summed E-state index contributed by atoms with van der Waals surface area (Å²) in [7, 11) is 0. The van der Waals surface area contributed by atoms with E-state index >= 15 is 0 Å². The Labute approximate surface area is 159 Å². The van der Waals surface area contributed by atoms with Gasteiger partial charge in [0, 0.05) is 5.02 Å². The van der Waals surface area contributed by atoms with E-state index in [-0.39, 0.29) is 17.7 Å². The summed E-state index contributed by atoms with van der Waals surface area (Å²) >= 11 is 5.92. The van der Waals surface area contributed by atoms with Crippen LogP contribution in [0.1, 0.15) is 58.9 Å². The van der Waals surface area contributed by atoms with Crippen molar-refractivity contribution in [2.45, 2.75) is 39.2 Å². The third-order valence-electron chi connectivity index (χ3n) is 3.86. The zero-order chi connectivity index (χ0) is 18.8. The van der Waals surface area contributed by atoms with Crippen LogP contribution in [-0.2, 0) is 16.1 Å². The van der Waals surface area contributed by atoms with E-state index in [2.05, 4.69) is 6.92 Å². The Morgan fingerprint density at radius 2 is 1.58 bits per heavy atom. The van der Waals surface area contributed by atoms with Crippen molar-refractivity contribution in [1.29, 1.82) is 0 Å². The second kappa shape index (κ2) is 10.6. The van der Waals surface area contributed by atoms with Gasteiger partial charge in [0.05, 0.1) is 17.7 Å². The Morgan fingerprint density at radius 1 is 0.885 bits per heavy atom. The van der Waals surface area contributed by atoms with Crippen molar-refractivity contribution in [3.8, 4) is 0 Å². The van der Waals surface area contributed by atoms with Crippen LogP contribution in [0.5, 0.6) is 0 Å². The van der Waals surface area contributed by atoms with Crippen molar-refractivity contribution in [3.05, 3.63) is 70.2 Å². The first kappa shape index (κ1) is 20.0. The molecule has 0 heterocycles. The van der Waals surface area contributed by atoms with E-state index in [4.69, 9.17) is 21.1 Å². The quantitative estimate of drug-likeness (QED) is 0.433. The highest BCUT2D eigenvalue weighted by Crippen LogP contribution is 2.15. The average Bonchev–Trinajstić information content (AvgIpc) is 2.66. The van der Waals surface area contributed by atoms with Crippen molar-refractivity contribution < 1.29 is 19.1 Å². The number of benzene rings is 2. The number of halogens is 1. The summed E-state index contributed by atoms with van der Waals surface area (Å²) in [5.41, 5.74) is 1.20. The van der Waals surface area contributed by atoms with Crippen molar-refractivity contribution in [2.24, 2.45) is 0 Å².